The molecule has 0 spiro atoms. The van der Waals surface area contributed by atoms with Gasteiger partial charge >= 0.3 is 5.97 Å². The van der Waals surface area contributed by atoms with E-state index in [1.165, 1.54) is 11.8 Å². The molecule has 0 aliphatic rings. The first-order valence-electron chi connectivity index (χ1n) is 9.55. The van der Waals surface area contributed by atoms with Gasteiger partial charge in [0.2, 0.25) is 0 Å². The summed E-state index contributed by atoms with van der Waals surface area (Å²) in [5.41, 5.74) is 2.69. The Labute approximate surface area is 186 Å². The maximum absolute atomic E-state index is 11.8. The van der Waals surface area contributed by atoms with E-state index >= 15 is 0 Å². The Kier molecular flexibility index (Phi) is 4.84. The Bertz CT molecular complexity index is 1440. The van der Waals surface area contributed by atoms with E-state index in [4.69, 9.17) is 20.9 Å². The zero-order valence-corrected chi connectivity index (χ0v) is 17.4. The minimum Gasteiger partial charge on any atom is -0.494 e. The highest BCUT2D eigenvalue weighted by molar-refractivity contribution is 6.30. The lowest BCUT2D eigenvalue weighted by Crippen LogP contribution is -2.05. The van der Waals surface area contributed by atoms with Crippen LogP contribution in [0.15, 0.2) is 71.3 Å². The quantitative estimate of drug-likeness (QED) is 0.400. The smallest absolute Gasteiger partial charge is 0.358 e. The van der Waals surface area contributed by atoms with E-state index in [1.807, 2.05) is 30.3 Å². The number of benzene rings is 3. The van der Waals surface area contributed by atoms with E-state index < -0.39 is 5.97 Å². The molecule has 0 amide bonds. The SMILES string of the molecule is COc1cc2noc(-c3ccc(Cl)cc3)c2cc1-n1nnc(C(=O)O)c1-c1ccccc1. The highest BCUT2D eigenvalue weighted by Gasteiger charge is 2.24. The second-order valence-corrected chi connectivity index (χ2v) is 7.37. The number of hydrogen-bond donors (Lipinski definition) is 1. The summed E-state index contributed by atoms with van der Waals surface area (Å²) in [6.07, 6.45) is 0. The molecule has 0 radical (unpaired) electrons. The highest BCUT2D eigenvalue weighted by Crippen LogP contribution is 2.37. The standard InChI is InChI=1S/C23H15ClN4O4/c1-31-19-12-17-16(22(32-26-17)14-7-9-15(24)10-8-14)11-18(19)28-21(13-5-3-2-4-6-13)20(23(29)30)25-27-28/h2-12H,1H3,(H,29,30). The maximum atomic E-state index is 11.8. The van der Waals surface area contributed by atoms with Crippen LogP contribution in [0.3, 0.4) is 0 Å². The predicted octanol–water partition coefficient (Wildman–Crippen LogP) is 5.10. The number of carboxylic acid groups (broad SMARTS) is 1. The molecule has 5 aromatic rings. The predicted molar refractivity (Wildman–Crippen MR) is 118 cm³/mol. The van der Waals surface area contributed by atoms with E-state index in [2.05, 4.69) is 15.5 Å². The number of ether oxygens (including phenoxy) is 1. The molecule has 0 bridgehead atoms. The lowest BCUT2D eigenvalue weighted by Gasteiger charge is -2.12. The van der Waals surface area contributed by atoms with Gasteiger partial charge in [-0.05, 0) is 30.3 Å². The molecular formula is C23H15ClN4O4. The Hall–Kier alpha value is -4.17. The molecule has 3 aromatic carbocycles. The summed E-state index contributed by atoms with van der Waals surface area (Å²) in [6.45, 7) is 0. The molecule has 8 nitrogen and oxygen atoms in total. The average Bonchev–Trinajstić information content (AvgIpc) is 3.43. The first-order valence-corrected chi connectivity index (χ1v) is 9.92. The van der Waals surface area contributed by atoms with Crippen LogP contribution in [-0.2, 0) is 0 Å². The zero-order valence-electron chi connectivity index (χ0n) is 16.7. The summed E-state index contributed by atoms with van der Waals surface area (Å²) in [6, 6.07) is 19.8. The highest BCUT2D eigenvalue weighted by atomic mass is 35.5. The first kappa shape index (κ1) is 19.8. The fraction of sp³-hybridized carbons (Fsp3) is 0.0435. The minimum atomic E-state index is -1.18. The average molecular weight is 447 g/mol. The largest absolute Gasteiger partial charge is 0.494 e. The number of aromatic carboxylic acids is 1. The van der Waals surface area contributed by atoms with Gasteiger partial charge in [0.25, 0.3) is 0 Å². The van der Waals surface area contributed by atoms with Crippen LogP contribution in [0.4, 0.5) is 0 Å². The van der Waals surface area contributed by atoms with E-state index in [0.29, 0.717) is 44.4 Å². The number of fused-ring (bicyclic) bond motifs is 1. The number of hydrogen-bond acceptors (Lipinski definition) is 6. The minimum absolute atomic E-state index is 0.165. The van der Waals surface area contributed by atoms with Gasteiger partial charge in [0, 0.05) is 22.2 Å². The van der Waals surface area contributed by atoms with Crippen molar-refractivity contribution in [1.29, 1.82) is 0 Å². The van der Waals surface area contributed by atoms with Gasteiger partial charge in [0.05, 0.1) is 12.5 Å². The van der Waals surface area contributed by atoms with Gasteiger partial charge in [0.1, 0.15) is 22.6 Å². The van der Waals surface area contributed by atoms with Gasteiger partial charge in [-0.2, -0.15) is 0 Å². The number of rotatable bonds is 5. The Morgan fingerprint density at radius 3 is 2.50 bits per heavy atom. The third-order valence-electron chi connectivity index (χ3n) is 5.03. The molecule has 0 saturated heterocycles. The second kappa shape index (κ2) is 7.82. The van der Waals surface area contributed by atoms with Crippen molar-refractivity contribution in [1.82, 2.24) is 20.2 Å². The monoisotopic (exact) mass is 446 g/mol. The van der Waals surface area contributed by atoms with Gasteiger partial charge < -0.3 is 14.4 Å². The van der Waals surface area contributed by atoms with E-state index in [0.717, 1.165) is 5.56 Å². The van der Waals surface area contributed by atoms with Crippen LogP contribution < -0.4 is 4.74 Å². The number of carbonyl (C=O) groups is 1. The molecule has 2 aromatic heterocycles. The van der Waals surface area contributed by atoms with Crippen molar-refractivity contribution in [2.24, 2.45) is 0 Å². The zero-order chi connectivity index (χ0) is 22.2. The summed E-state index contributed by atoms with van der Waals surface area (Å²) in [4.78, 5) is 11.8. The fourth-order valence-electron chi connectivity index (χ4n) is 3.55. The van der Waals surface area contributed by atoms with Gasteiger partial charge in [-0.15, -0.1) is 5.10 Å². The number of carboxylic acids is 1. The Balaban J connectivity index is 1.77. The summed E-state index contributed by atoms with van der Waals surface area (Å²) in [7, 11) is 1.52. The van der Waals surface area contributed by atoms with Crippen molar-refractivity contribution in [2.45, 2.75) is 0 Å². The number of nitrogens with zero attached hydrogens (tertiary/aromatic N) is 4. The Morgan fingerprint density at radius 1 is 1.06 bits per heavy atom. The van der Waals surface area contributed by atoms with Gasteiger partial charge in [-0.1, -0.05) is 52.3 Å². The lowest BCUT2D eigenvalue weighted by molar-refractivity contribution is 0.0691. The van der Waals surface area contributed by atoms with Crippen molar-refractivity contribution in [3.05, 3.63) is 77.4 Å². The van der Waals surface area contributed by atoms with Crippen LogP contribution in [0.25, 0.3) is 39.2 Å². The number of halogens is 1. The van der Waals surface area contributed by atoms with Crippen LogP contribution in [0.1, 0.15) is 10.5 Å². The molecule has 1 N–H and O–H groups in total. The first-order chi connectivity index (χ1) is 15.6. The van der Waals surface area contributed by atoms with Crippen LogP contribution in [-0.4, -0.2) is 38.3 Å². The number of methoxy groups -OCH3 is 1. The molecule has 2 heterocycles. The Morgan fingerprint density at radius 2 is 1.81 bits per heavy atom. The molecule has 0 aliphatic carbocycles. The van der Waals surface area contributed by atoms with Crippen molar-refractivity contribution < 1.29 is 19.2 Å². The van der Waals surface area contributed by atoms with Crippen LogP contribution in [0.2, 0.25) is 5.02 Å². The fourth-order valence-corrected chi connectivity index (χ4v) is 3.67. The van der Waals surface area contributed by atoms with E-state index in [9.17, 15) is 9.90 Å². The summed E-state index contributed by atoms with van der Waals surface area (Å²) in [5.74, 6) is -0.199. The molecule has 5 rings (SSSR count). The third-order valence-corrected chi connectivity index (χ3v) is 5.28. The molecular weight excluding hydrogens is 432 g/mol. The molecule has 0 unspecified atom stereocenters. The molecule has 0 aliphatic heterocycles. The van der Waals surface area contributed by atoms with Crippen molar-refractivity contribution in [3.8, 4) is 34.0 Å². The summed E-state index contributed by atoms with van der Waals surface area (Å²) in [5, 5.41) is 23.2. The second-order valence-electron chi connectivity index (χ2n) is 6.93. The van der Waals surface area contributed by atoms with Gasteiger partial charge in [-0.3, -0.25) is 0 Å². The van der Waals surface area contributed by atoms with Crippen molar-refractivity contribution >= 4 is 28.5 Å². The summed E-state index contributed by atoms with van der Waals surface area (Å²) >= 11 is 6.01. The normalized spacial score (nSPS) is 11.1. The van der Waals surface area contributed by atoms with Crippen LogP contribution in [0, 0.1) is 0 Å². The van der Waals surface area contributed by atoms with Crippen molar-refractivity contribution in [3.63, 3.8) is 0 Å². The molecule has 0 atom stereocenters. The molecule has 32 heavy (non-hydrogen) atoms. The summed E-state index contributed by atoms with van der Waals surface area (Å²) < 4.78 is 12.6. The molecule has 9 heteroatoms. The topological polar surface area (TPSA) is 103 Å². The molecule has 0 saturated carbocycles. The lowest BCUT2D eigenvalue weighted by atomic mass is 10.1. The molecule has 158 valence electrons. The molecule has 0 fully saturated rings. The third kappa shape index (κ3) is 3.27. The van der Waals surface area contributed by atoms with E-state index in [-0.39, 0.29) is 5.69 Å². The van der Waals surface area contributed by atoms with Crippen LogP contribution in [0.5, 0.6) is 5.75 Å². The number of aromatic nitrogens is 4. The van der Waals surface area contributed by atoms with Gasteiger partial charge in [0.15, 0.2) is 11.5 Å². The maximum Gasteiger partial charge on any atom is 0.358 e. The van der Waals surface area contributed by atoms with Crippen molar-refractivity contribution in [2.75, 3.05) is 7.11 Å². The van der Waals surface area contributed by atoms with Gasteiger partial charge in [-0.25, -0.2) is 9.48 Å². The van der Waals surface area contributed by atoms with E-state index in [1.54, 1.807) is 36.4 Å². The van der Waals surface area contributed by atoms with Crippen LogP contribution >= 0.6 is 11.6 Å².